The Bertz CT molecular complexity index is 890. The number of amides is 2. The second-order valence-corrected chi connectivity index (χ2v) is 8.77. The molecule has 0 saturated carbocycles. The standard InChI is InChI=1S/C25H34N4O2/c1-18-12-19(2)25(20(3)13-18)27-24(31)17-28(4)16-23(30)26-22-10-11-29(15-22)14-21-8-6-5-7-9-21/h5-9,12-13,22H,10-11,14-17H2,1-4H3,(H,26,30)(H,27,31)/t22-/m1/s1. The molecule has 1 saturated heterocycles. The lowest BCUT2D eigenvalue weighted by Crippen LogP contribution is -2.43. The Balaban J connectivity index is 1.41. The highest BCUT2D eigenvalue weighted by molar-refractivity contribution is 5.94. The second kappa shape index (κ2) is 10.6. The summed E-state index contributed by atoms with van der Waals surface area (Å²) >= 11 is 0. The number of benzene rings is 2. The minimum atomic E-state index is -0.111. The van der Waals surface area contributed by atoms with E-state index in [1.807, 2.05) is 26.8 Å². The summed E-state index contributed by atoms with van der Waals surface area (Å²) in [7, 11) is 1.80. The molecule has 1 aliphatic rings. The zero-order valence-corrected chi connectivity index (χ0v) is 19.1. The third kappa shape index (κ3) is 6.91. The molecule has 1 atom stereocenters. The summed E-state index contributed by atoms with van der Waals surface area (Å²) in [4.78, 5) is 29.0. The van der Waals surface area contributed by atoms with Crippen LogP contribution in [0.1, 0.15) is 28.7 Å². The number of rotatable bonds is 8. The maximum absolute atomic E-state index is 12.5. The first-order valence-corrected chi connectivity index (χ1v) is 10.9. The summed E-state index contributed by atoms with van der Waals surface area (Å²) in [5.74, 6) is -0.148. The van der Waals surface area contributed by atoms with Crippen molar-refractivity contribution in [3.63, 3.8) is 0 Å². The van der Waals surface area contributed by atoms with Gasteiger partial charge in [-0.05, 0) is 50.9 Å². The van der Waals surface area contributed by atoms with Gasteiger partial charge in [0.15, 0.2) is 0 Å². The molecule has 0 unspecified atom stereocenters. The van der Waals surface area contributed by atoms with E-state index in [2.05, 4.69) is 51.9 Å². The highest BCUT2D eigenvalue weighted by atomic mass is 16.2. The predicted molar refractivity (Wildman–Crippen MR) is 125 cm³/mol. The highest BCUT2D eigenvalue weighted by Gasteiger charge is 2.24. The van der Waals surface area contributed by atoms with E-state index in [1.165, 1.54) is 11.1 Å². The summed E-state index contributed by atoms with van der Waals surface area (Å²) in [6, 6.07) is 14.7. The van der Waals surface area contributed by atoms with Gasteiger partial charge in [0, 0.05) is 31.4 Å². The summed E-state index contributed by atoms with van der Waals surface area (Å²) in [6.45, 7) is 9.16. The number of carbonyl (C=O) groups is 2. The fraction of sp³-hybridized carbons (Fsp3) is 0.440. The maximum atomic E-state index is 12.5. The van der Waals surface area contributed by atoms with Crippen molar-refractivity contribution in [3.8, 4) is 0 Å². The van der Waals surface area contributed by atoms with Gasteiger partial charge in [-0.25, -0.2) is 0 Å². The van der Waals surface area contributed by atoms with Crippen molar-refractivity contribution in [2.24, 2.45) is 0 Å². The Morgan fingerprint density at radius 3 is 2.35 bits per heavy atom. The molecule has 0 radical (unpaired) electrons. The van der Waals surface area contributed by atoms with E-state index in [0.29, 0.717) is 0 Å². The molecule has 1 aliphatic heterocycles. The molecular formula is C25H34N4O2. The fourth-order valence-corrected chi connectivity index (χ4v) is 4.31. The van der Waals surface area contributed by atoms with E-state index in [0.717, 1.165) is 42.9 Å². The van der Waals surface area contributed by atoms with Crippen LogP contribution >= 0.6 is 0 Å². The predicted octanol–water partition coefficient (Wildman–Crippen LogP) is 2.87. The van der Waals surface area contributed by atoms with E-state index >= 15 is 0 Å². The van der Waals surface area contributed by atoms with Crippen molar-refractivity contribution in [2.75, 3.05) is 38.5 Å². The Morgan fingerprint density at radius 2 is 1.68 bits per heavy atom. The molecule has 3 rings (SSSR count). The smallest absolute Gasteiger partial charge is 0.238 e. The van der Waals surface area contributed by atoms with E-state index < -0.39 is 0 Å². The molecule has 6 heteroatoms. The number of likely N-dealkylation sites (tertiary alicyclic amines) is 1. The van der Waals surface area contributed by atoms with Crippen molar-refractivity contribution < 1.29 is 9.59 Å². The van der Waals surface area contributed by atoms with Crippen LogP contribution in [0, 0.1) is 20.8 Å². The molecule has 2 aromatic carbocycles. The van der Waals surface area contributed by atoms with Gasteiger partial charge in [-0.3, -0.25) is 19.4 Å². The highest BCUT2D eigenvalue weighted by Crippen LogP contribution is 2.21. The topological polar surface area (TPSA) is 64.7 Å². The molecule has 6 nitrogen and oxygen atoms in total. The molecule has 2 N–H and O–H groups in total. The third-order valence-electron chi connectivity index (χ3n) is 5.65. The largest absolute Gasteiger partial charge is 0.351 e. The van der Waals surface area contributed by atoms with Crippen LogP contribution in [0.3, 0.4) is 0 Å². The van der Waals surface area contributed by atoms with Crippen LogP contribution in [0.25, 0.3) is 0 Å². The first kappa shape index (κ1) is 23.0. The van der Waals surface area contributed by atoms with Crippen molar-refractivity contribution in [3.05, 3.63) is 64.7 Å². The lowest BCUT2D eigenvalue weighted by atomic mass is 10.1. The number of hydrogen-bond acceptors (Lipinski definition) is 4. The van der Waals surface area contributed by atoms with Gasteiger partial charge in [-0.2, -0.15) is 0 Å². The molecule has 0 bridgehead atoms. The van der Waals surface area contributed by atoms with Crippen molar-refractivity contribution in [1.82, 2.24) is 15.1 Å². The minimum Gasteiger partial charge on any atom is -0.351 e. The first-order chi connectivity index (χ1) is 14.8. The van der Waals surface area contributed by atoms with Crippen molar-refractivity contribution >= 4 is 17.5 Å². The Morgan fingerprint density at radius 1 is 1.03 bits per heavy atom. The molecule has 1 heterocycles. The van der Waals surface area contributed by atoms with Crippen LogP contribution in [0.15, 0.2) is 42.5 Å². The quantitative estimate of drug-likeness (QED) is 0.687. The molecule has 0 spiro atoms. The SMILES string of the molecule is Cc1cc(C)c(NC(=O)CN(C)CC(=O)N[C@@H]2CCN(Cc3ccccc3)C2)c(C)c1. The van der Waals surface area contributed by atoms with E-state index in [4.69, 9.17) is 0 Å². The maximum Gasteiger partial charge on any atom is 0.238 e. The summed E-state index contributed by atoms with van der Waals surface area (Å²) in [5.41, 5.74) is 5.42. The van der Waals surface area contributed by atoms with Crippen LogP contribution in [-0.4, -0.2) is 60.9 Å². The fourth-order valence-electron chi connectivity index (χ4n) is 4.31. The average molecular weight is 423 g/mol. The van der Waals surface area contributed by atoms with Gasteiger partial charge in [0.2, 0.25) is 11.8 Å². The Kier molecular flexibility index (Phi) is 7.82. The van der Waals surface area contributed by atoms with Gasteiger partial charge in [0.25, 0.3) is 0 Å². The van der Waals surface area contributed by atoms with Crippen LogP contribution < -0.4 is 10.6 Å². The monoisotopic (exact) mass is 422 g/mol. The van der Waals surface area contributed by atoms with Gasteiger partial charge in [0.05, 0.1) is 13.1 Å². The van der Waals surface area contributed by atoms with Gasteiger partial charge in [-0.1, -0.05) is 48.0 Å². The lowest BCUT2D eigenvalue weighted by Gasteiger charge is -2.20. The number of aryl methyl sites for hydroxylation is 3. The molecule has 1 fully saturated rings. The van der Waals surface area contributed by atoms with E-state index in [-0.39, 0.29) is 30.9 Å². The van der Waals surface area contributed by atoms with Crippen LogP contribution in [-0.2, 0) is 16.1 Å². The zero-order valence-electron chi connectivity index (χ0n) is 19.1. The van der Waals surface area contributed by atoms with Gasteiger partial charge >= 0.3 is 0 Å². The zero-order chi connectivity index (χ0) is 22.4. The third-order valence-corrected chi connectivity index (χ3v) is 5.65. The molecule has 2 amide bonds. The Labute approximate surface area is 185 Å². The molecular weight excluding hydrogens is 388 g/mol. The summed E-state index contributed by atoms with van der Waals surface area (Å²) < 4.78 is 0. The number of anilines is 1. The Hall–Kier alpha value is -2.70. The van der Waals surface area contributed by atoms with Crippen LogP contribution in [0.5, 0.6) is 0 Å². The minimum absolute atomic E-state index is 0.0374. The number of likely N-dealkylation sites (N-methyl/N-ethyl adjacent to an activating group) is 1. The van der Waals surface area contributed by atoms with Gasteiger partial charge in [-0.15, -0.1) is 0 Å². The number of nitrogens with zero attached hydrogens (tertiary/aromatic N) is 2. The number of carbonyl (C=O) groups excluding carboxylic acids is 2. The average Bonchev–Trinajstić information content (AvgIpc) is 3.11. The van der Waals surface area contributed by atoms with Gasteiger partial charge in [0.1, 0.15) is 0 Å². The summed E-state index contributed by atoms with van der Waals surface area (Å²) in [6.07, 6.45) is 0.953. The normalized spacial score (nSPS) is 16.5. The van der Waals surface area contributed by atoms with Gasteiger partial charge < -0.3 is 10.6 Å². The van der Waals surface area contributed by atoms with Crippen LogP contribution in [0.2, 0.25) is 0 Å². The van der Waals surface area contributed by atoms with E-state index in [1.54, 1.807) is 11.9 Å². The van der Waals surface area contributed by atoms with Crippen LogP contribution in [0.4, 0.5) is 5.69 Å². The molecule has 2 aromatic rings. The van der Waals surface area contributed by atoms with Crippen molar-refractivity contribution in [2.45, 2.75) is 39.8 Å². The summed E-state index contributed by atoms with van der Waals surface area (Å²) in [5, 5.41) is 6.11. The lowest BCUT2D eigenvalue weighted by molar-refractivity contribution is -0.123. The molecule has 0 aromatic heterocycles. The second-order valence-electron chi connectivity index (χ2n) is 8.77. The number of hydrogen-bond donors (Lipinski definition) is 2. The first-order valence-electron chi connectivity index (χ1n) is 10.9. The number of nitrogens with one attached hydrogen (secondary N) is 2. The van der Waals surface area contributed by atoms with E-state index in [9.17, 15) is 9.59 Å². The molecule has 31 heavy (non-hydrogen) atoms. The van der Waals surface area contributed by atoms with Crippen molar-refractivity contribution in [1.29, 1.82) is 0 Å². The molecule has 166 valence electrons. The molecule has 0 aliphatic carbocycles.